The Morgan fingerprint density at radius 2 is 1.12 bits per heavy atom. The fourth-order valence-corrected chi connectivity index (χ4v) is 2.08. The third-order valence-electron chi connectivity index (χ3n) is 3.91. The third kappa shape index (κ3) is 6.48. The van der Waals surface area contributed by atoms with E-state index in [1.54, 1.807) is 0 Å². The Kier molecular flexibility index (Phi) is 11.1. The van der Waals surface area contributed by atoms with Gasteiger partial charge in [-0.3, -0.25) is 0 Å². The molecular formula is C14H30O10. The highest BCUT2D eigenvalue weighted by Gasteiger charge is 2.38. The first-order valence-corrected chi connectivity index (χ1v) is 7.68. The van der Waals surface area contributed by atoms with Crippen molar-refractivity contribution in [3.8, 4) is 0 Å². The average molecular weight is 358 g/mol. The van der Waals surface area contributed by atoms with Gasteiger partial charge in [-0.05, 0) is 6.92 Å². The highest BCUT2D eigenvalue weighted by molar-refractivity contribution is 4.87. The van der Waals surface area contributed by atoms with Crippen LogP contribution in [0.15, 0.2) is 0 Å². The maximum Gasteiger partial charge on any atom is 0.115 e. The van der Waals surface area contributed by atoms with Gasteiger partial charge in [0.05, 0.1) is 25.4 Å². The largest absolute Gasteiger partial charge is 0.396 e. The monoisotopic (exact) mass is 358 g/mol. The predicted molar refractivity (Wildman–Crippen MR) is 80.8 cm³/mol. The summed E-state index contributed by atoms with van der Waals surface area (Å²) in [5.74, 6) is -0.720. The highest BCUT2D eigenvalue weighted by atomic mass is 16.5. The van der Waals surface area contributed by atoms with Crippen LogP contribution in [0.4, 0.5) is 0 Å². The van der Waals surface area contributed by atoms with Crippen molar-refractivity contribution < 1.29 is 50.7 Å². The molecule has 0 saturated carbocycles. The summed E-state index contributed by atoms with van der Waals surface area (Å²) >= 11 is 0. The van der Waals surface area contributed by atoms with Crippen LogP contribution in [0.2, 0.25) is 0 Å². The summed E-state index contributed by atoms with van der Waals surface area (Å²) < 4.78 is 5.22. The maximum absolute atomic E-state index is 10.0. The first-order chi connectivity index (χ1) is 11.1. The second-order valence-corrected chi connectivity index (χ2v) is 5.93. The summed E-state index contributed by atoms with van der Waals surface area (Å²) in [5.41, 5.74) is 0. The molecule has 10 nitrogen and oxygen atoms in total. The van der Waals surface area contributed by atoms with Gasteiger partial charge in [0.15, 0.2) is 0 Å². The lowest BCUT2D eigenvalue weighted by Gasteiger charge is -2.35. The molecule has 9 atom stereocenters. The van der Waals surface area contributed by atoms with Crippen LogP contribution in [0.25, 0.3) is 0 Å². The van der Waals surface area contributed by atoms with Crippen LogP contribution >= 0.6 is 0 Å². The van der Waals surface area contributed by atoms with Gasteiger partial charge in [0.2, 0.25) is 0 Å². The van der Waals surface area contributed by atoms with Crippen molar-refractivity contribution in [2.75, 3.05) is 19.8 Å². The lowest BCUT2D eigenvalue weighted by atomic mass is 9.94. The smallest absolute Gasteiger partial charge is 0.115 e. The molecule has 0 bridgehead atoms. The van der Waals surface area contributed by atoms with Crippen LogP contribution in [0.3, 0.4) is 0 Å². The third-order valence-corrected chi connectivity index (χ3v) is 3.91. The van der Waals surface area contributed by atoms with Crippen molar-refractivity contribution in [2.45, 2.75) is 62.7 Å². The second-order valence-electron chi connectivity index (χ2n) is 5.93. The fraction of sp³-hybridized carbons (Fsp3) is 1.00. The van der Waals surface area contributed by atoms with E-state index in [1.807, 2.05) is 0 Å². The summed E-state index contributed by atoms with van der Waals surface area (Å²) in [5, 5.41) is 85.5. The van der Waals surface area contributed by atoms with Gasteiger partial charge in [-0.1, -0.05) is 6.92 Å². The molecule has 0 aliphatic heterocycles. The Morgan fingerprint density at radius 1 is 0.625 bits per heavy atom. The van der Waals surface area contributed by atoms with E-state index < -0.39 is 74.6 Å². The minimum atomic E-state index is -1.77. The standard InChI is InChI=1S/C14H30O10/c1-6(3-15)10(20)13(23)11(21)7(2)24-14(9(19)5-17)12(22)8(18)4-16/h6-23H,3-5H2,1-2H3/t6-,7-,8-,9+,10+,11-,12+,13+,14+/m0/s1. The molecule has 0 rings (SSSR count). The average Bonchev–Trinajstić information content (AvgIpc) is 2.60. The lowest BCUT2D eigenvalue weighted by molar-refractivity contribution is -0.199. The van der Waals surface area contributed by atoms with E-state index in [0.29, 0.717) is 0 Å². The number of aliphatic hydroxyl groups is 9. The van der Waals surface area contributed by atoms with Gasteiger partial charge in [-0.25, -0.2) is 0 Å². The highest BCUT2D eigenvalue weighted by Crippen LogP contribution is 2.18. The number of ether oxygens (including phenoxy) is 1. The Labute approximate surface area is 140 Å². The number of hydrogen-bond donors (Lipinski definition) is 9. The summed E-state index contributed by atoms with van der Waals surface area (Å²) in [7, 11) is 0. The summed E-state index contributed by atoms with van der Waals surface area (Å²) in [6, 6.07) is 0. The van der Waals surface area contributed by atoms with Gasteiger partial charge in [0, 0.05) is 12.5 Å². The number of rotatable bonds is 12. The van der Waals surface area contributed by atoms with Crippen molar-refractivity contribution >= 4 is 0 Å². The van der Waals surface area contributed by atoms with E-state index >= 15 is 0 Å². The Balaban J connectivity index is 5.00. The van der Waals surface area contributed by atoms with Crippen molar-refractivity contribution in [3.05, 3.63) is 0 Å². The molecule has 146 valence electrons. The topological polar surface area (TPSA) is 191 Å². The molecule has 0 fully saturated rings. The molecular weight excluding hydrogens is 328 g/mol. The van der Waals surface area contributed by atoms with Crippen molar-refractivity contribution in [1.82, 2.24) is 0 Å². The second kappa shape index (κ2) is 11.3. The van der Waals surface area contributed by atoms with Crippen LogP contribution in [0, 0.1) is 5.92 Å². The first kappa shape index (κ1) is 23.6. The van der Waals surface area contributed by atoms with E-state index in [2.05, 4.69) is 0 Å². The Hall–Kier alpha value is -0.400. The summed E-state index contributed by atoms with van der Waals surface area (Å²) in [6.07, 6.45) is -12.7. The molecule has 0 aromatic heterocycles. The van der Waals surface area contributed by atoms with Gasteiger partial charge in [0.1, 0.15) is 36.6 Å². The van der Waals surface area contributed by atoms with Crippen molar-refractivity contribution in [3.63, 3.8) is 0 Å². The van der Waals surface area contributed by atoms with Crippen LogP contribution in [-0.2, 0) is 4.74 Å². The Bertz CT molecular complexity index is 331. The van der Waals surface area contributed by atoms with Gasteiger partial charge >= 0.3 is 0 Å². The quantitative estimate of drug-likeness (QED) is 0.164. The zero-order valence-electron chi connectivity index (χ0n) is 13.8. The van der Waals surface area contributed by atoms with Gasteiger partial charge in [-0.2, -0.15) is 0 Å². The molecule has 0 aromatic carbocycles. The maximum atomic E-state index is 10.0. The van der Waals surface area contributed by atoms with E-state index in [0.717, 1.165) is 0 Å². The van der Waals surface area contributed by atoms with Gasteiger partial charge < -0.3 is 50.7 Å². The van der Waals surface area contributed by atoms with Gasteiger partial charge in [0.25, 0.3) is 0 Å². The predicted octanol–water partition coefficient (Wildman–Crippen LogP) is -4.46. The van der Waals surface area contributed by atoms with Crippen LogP contribution in [0.5, 0.6) is 0 Å². The van der Waals surface area contributed by atoms with Crippen LogP contribution in [-0.4, -0.2) is 115 Å². The molecule has 0 radical (unpaired) electrons. The molecule has 0 saturated heterocycles. The molecule has 10 heteroatoms. The fourth-order valence-electron chi connectivity index (χ4n) is 2.08. The zero-order valence-corrected chi connectivity index (χ0v) is 13.8. The minimum Gasteiger partial charge on any atom is -0.396 e. The molecule has 0 heterocycles. The molecule has 0 amide bonds. The zero-order chi connectivity index (χ0) is 19.0. The van der Waals surface area contributed by atoms with E-state index in [9.17, 15) is 30.6 Å². The lowest BCUT2D eigenvalue weighted by Crippen LogP contribution is -2.53. The molecule has 0 spiro atoms. The Morgan fingerprint density at radius 3 is 1.54 bits per heavy atom. The van der Waals surface area contributed by atoms with E-state index in [-0.39, 0.29) is 0 Å². The first-order valence-electron chi connectivity index (χ1n) is 7.68. The van der Waals surface area contributed by atoms with E-state index in [4.69, 9.17) is 20.1 Å². The van der Waals surface area contributed by atoms with E-state index in [1.165, 1.54) is 13.8 Å². The van der Waals surface area contributed by atoms with Crippen LogP contribution in [0.1, 0.15) is 13.8 Å². The SMILES string of the molecule is C[C@H](O[C@@H]([C@H](O)[C@@H](O)CO)[C@H](O)CO)[C@H](O)[C@H](O)[C@H](O)[C@@H](C)CO. The summed E-state index contributed by atoms with van der Waals surface area (Å²) in [4.78, 5) is 0. The number of aliphatic hydroxyl groups excluding tert-OH is 9. The molecule has 0 aliphatic rings. The van der Waals surface area contributed by atoms with Crippen molar-refractivity contribution in [2.24, 2.45) is 5.92 Å². The van der Waals surface area contributed by atoms with Crippen LogP contribution < -0.4 is 0 Å². The molecule has 0 unspecified atom stereocenters. The summed E-state index contributed by atoms with van der Waals surface area (Å²) in [6.45, 7) is 0.652. The minimum absolute atomic E-state index is 0.423. The molecule has 0 aliphatic carbocycles. The number of hydrogen-bond acceptors (Lipinski definition) is 10. The molecule has 24 heavy (non-hydrogen) atoms. The van der Waals surface area contributed by atoms with Crippen molar-refractivity contribution in [1.29, 1.82) is 0 Å². The van der Waals surface area contributed by atoms with Gasteiger partial charge in [-0.15, -0.1) is 0 Å². The molecule has 0 aromatic rings. The molecule has 9 N–H and O–H groups in total. The normalized spacial score (nSPS) is 23.6.